The Balaban J connectivity index is 1.46. The van der Waals surface area contributed by atoms with Gasteiger partial charge in [0.25, 0.3) is 5.91 Å². The van der Waals surface area contributed by atoms with E-state index in [4.69, 9.17) is 19.2 Å². The maximum Gasteiger partial charge on any atom is 0.254 e. The zero-order chi connectivity index (χ0) is 20.4. The Morgan fingerprint density at radius 2 is 1.55 bits per heavy atom. The number of carbonyl (C=O) groups excluding carboxylic acids is 1. The Morgan fingerprint density at radius 3 is 2.17 bits per heavy atom. The first-order chi connectivity index (χ1) is 14.1. The van der Waals surface area contributed by atoms with Crippen molar-refractivity contribution in [3.63, 3.8) is 0 Å². The van der Waals surface area contributed by atoms with Crippen LogP contribution in [-0.4, -0.2) is 63.3 Å². The molecule has 1 aromatic heterocycles. The Labute approximate surface area is 173 Å². The van der Waals surface area contributed by atoms with E-state index in [9.17, 15) is 4.79 Å². The molecule has 2 aromatic carbocycles. The summed E-state index contributed by atoms with van der Waals surface area (Å²) in [5.74, 6) is 2.03. The van der Waals surface area contributed by atoms with Crippen molar-refractivity contribution in [1.29, 1.82) is 0 Å². The smallest absolute Gasteiger partial charge is 0.254 e. The van der Waals surface area contributed by atoms with E-state index in [1.54, 1.807) is 50.9 Å². The number of hydrogen-bond donors (Lipinski definition) is 0. The number of methoxy groups -OCH3 is 3. The maximum absolute atomic E-state index is 13.0. The molecule has 4 rings (SSSR count). The predicted molar refractivity (Wildman–Crippen MR) is 114 cm³/mol. The first-order valence-electron chi connectivity index (χ1n) is 9.33. The molecule has 0 bridgehead atoms. The molecule has 0 atom stereocenters. The third kappa shape index (κ3) is 3.93. The lowest BCUT2D eigenvalue weighted by Crippen LogP contribution is -2.48. The van der Waals surface area contributed by atoms with Crippen molar-refractivity contribution in [1.82, 2.24) is 9.88 Å². The van der Waals surface area contributed by atoms with E-state index < -0.39 is 0 Å². The molecular weight excluding hydrogens is 390 g/mol. The summed E-state index contributed by atoms with van der Waals surface area (Å²) in [6.07, 6.45) is 0. The van der Waals surface area contributed by atoms with Gasteiger partial charge in [-0.25, -0.2) is 4.98 Å². The molecule has 0 N–H and O–H groups in total. The molecule has 152 valence electrons. The minimum absolute atomic E-state index is 0.0177. The molecule has 0 unspecified atom stereocenters. The van der Waals surface area contributed by atoms with E-state index in [0.29, 0.717) is 30.2 Å². The van der Waals surface area contributed by atoms with E-state index in [1.165, 1.54) is 0 Å². The van der Waals surface area contributed by atoms with Crippen LogP contribution in [0.15, 0.2) is 36.4 Å². The van der Waals surface area contributed by atoms with E-state index in [-0.39, 0.29) is 5.91 Å². The highest BCUT2D eigenvalue weighted by molar-refractivity contribution is 7.22. The van der Waals surface area contributed by atoms with Crippen LogP contribution in [0.5, 0.6) is 17.2 Å². The standard InChI is InChI=1S/C21H23N3O4S/c1-26-15-4-5-18-19(13-15)29-21(22-18)24-8-6-23(7-9-24)20(25)14-10-16(27-2)12-17(11-14)28-3/h4-5,10-13H,6-9H2,1-3H3. The highest BCUT2D eigenvalue weighted by atomic mass is 32.1. The fourth-order valence-electron chi connectivity index (χ4n) is 3.37. The molecule has 7 nitrogen and oxygen atoms in total. The molecule has 0 saturated carbocycles. The molecule has 1 saturated heterocycles. The summed E-state index contributed by atoms with van der Waals surface area (Å²) in [5.41, 5.74) is 1.54. The molecule has 1 aliphatic rings. The fourth-order valence-corrected chi connectivity index (χ4v) is 4.42. The van der Waals surface area contributed by atoms with Crippen LogP contribution in [0.2, 0.25) is 0 Å². The second-order valence-corrected chi connectivity index (χ2v) is 7.72. The van der Waals surface area contributed by atoms with Crippen molar-refractivity contribution in [2.24, 2.45) is 0 Å². The second kappa shape index (κ2) is 8.16. The van der Waals surface area contributed by atoms with Crippen LogP contribution in [0, 0.1) is 0 Å². The zero-order valence-electron chi connectivity index (χ0n) is 16.7. The molecule has 2 heterocycles. The first-order valence-corrected chi connectivity index (χ1v) is 10.1. The number of anilines is 1. The summed E-state index contributed by atoms with van der Waals surface area (Å²) in [6.45, 7) is 2.75. The normalized spacial score (nSPS) is 14.2. The molecule has 29 heavy (non-hydrogen) atoms. The summed E-state index contributed by atoms with van der Waals surface area (Å²) >= 11 is 1.65. The summed E-state index contributed by atoms with van der Waals surface area (Å²) in [6, 6.07) is 11.2. The number of carbonyl (C=O) groups is 1. The van der Waals surface area contributed by atoms with Crippen molar-refractivity contribution < 1.29 is 19.0 Å². The molecule has 1 fully saturated rings. The fraction of sp³-hybridized carbons (Fsp3) is 0.333. The number of benzene rings is 2. The van der Waals surface area contributed by atoms with E-state index >= 15 is 0 Å². The third-order valence-electron chi connectivity index (χ3n) is 5.02. The Morgan fingerprint density at radius 1 is 0.897 bits per heavy atom. The van der Waals surface area contributed by atoms with Crippen LogP contribution in [0.25, 0.3) is 10.2 Å². The van der Waals surface area contributed by atoms with Crippen molar-refractivity contribution in [3.8, 4) is 17.2 Å². The van der Waals surface area contributed by atoms with Gasteiger partial charge in [0, 0.05) is 37.8 Å². The number of nitrogens with zero attached hydrogens (tertiary/aromatic N) is 3. The number of fused-ring (bicyclic) bond motifs is 1. The number of amides is 1. The van der Waals surface area contributed by atoms with Crippen LogP contribution in [-0.2, 0) is 0 Å². The van der Waals surface area contributed by atoms with Gasteiger partial charge in [0.2, 0.25) is 0 Å². The number of piperazine rings is 1. The number of ether oxygens (including phenoxy) is 3. The molecule has 1 amide bonds. The van der Waals surface area contributed by atoms with Gasteiger partial charge in [0.1, 0.15) is 17.2 Å². The van der Waals surface area contributed by atoms with Gasteiger partial charge in [-0.05, 0) is 30.3 Å². The molecule has 8 heteroatoms. The maximum atomic E-state index is 13.0. The first kappa shape index (κ1) is 19.3. The van der Waals surface area contributed by atoms with E-state index in [2.05, 4.69) is 4.90 Å². The summed E-state index contributed by atoms with van der Waals surface area (Å²) in [4.78, 5) is 21.8. The molecule has 0 radical (unpaired) electrons. The van der Waals surface area contributed by atoms with Gasteiger partial charge in [-0.15, -0.1) is 0 Å². The molecule has 1 aliphatic heterocycles. The average Bonchev–Trinajstić information content (AvgIpc) is 3.21. The Kier molecular flexibility index (Phi) is 5.44. The Hall–Kier alpha value is -3.00. The highest BCUT2D eigenvalue weighted by Crippen LogP contribution is 2.32. The van der Waals surface area contributed by atoms with Gasteiger partial charge in [-0.1, -0.05) is 11.3 Å². The predicted octanol–water partition coefficient (Wildman–Crippen LogP) is 3.28. The number of rotatable bonds is 5. The minimum atomic E-state index is -0.0177. The molecular formula is C21H23N3O4S. The van der Waals surface area contributed by atoms with Crippen LogP contribution in [0.3, 0.4) is 0 Å². The molecule has 3 aromatic rings. The average molecular weight is 413 g/mol. The van der Waals surface area contributed by atoms with Gasteiger partial charge >= 0.3 is 0 Å². The van der Waals surface area contributed by atoms with Crippen molar-refractivity contribution in [3.05, 3.63) is 42.0 Å². The van der Waals surface area contributed by atoms with Crippen LogP contribution >= 0.6 is 11.3 Å². The lowest BCUT2D eigenvalue weighted by atomic mass is 10.1. The van der Waals surface area contributed by atoms with Gasteiger partial charge in [0.15, 0.2) is 5.13 Å². The van der Waals surface area contributed by atoms with Gasteiger partial charge in [-0.3, -0.25) is 4.79 Å². The van der Waals surface area contributed by atoms with Crippen molar-refractivity contribution in [2.45, 2.75) is 0 Å². The van der Waals surface area contributed by atoms with Gasteiger partial charge in [0.05, 0.1) is 31.5 Å². The summed E-state index contributed by atoms with van der Waals surface area (Å²) in [7, 11) is 4.82. The Bertz CT molecular complexity index is 1010. The second-order valence-electron chi connectivity index (χ2n) is 6.71. The summed E-state index contributed by atoms with van der Waals surface area (Å²) in [5, 5.41) is 0.975. The SMILES string of the molecule is COc1cc(OC)cc(C(=O)N2CCN(c3nc4ccc(OC)cc4s3)CC2)c1. The summed E-state index contributed by atoms with van der Waals surface area (Å²) < 4.78 is 17.0. The number of thiazole rings is 1. The van der Waals surface area contributed by atoms with E-state index in [1.807, 2.05) is 23.1 Å². The molecule has 0 aliphatic carbocycles. The van der Waals surface area contributed by atoms with Gasteiger partial charge in [-0.2, -0.15) is 0 Å². The van der Waals surface area contributed by atoms with Gasteiger partial charge < -0.3 is 24.0 Å². The number of aromatic nitrogens is 1. The van der Waals surface area contributed by atoms with Crippen molar-refractivity contribution in [2.75, 3.05) is 52.4 Å². The quantitative estimate of drug-likeness (QED) is 0.640. The van der Waals surface area contributed by atoms with Crippen LogP contribution < -0.4 is 19.1 Å². The van der Waals surface area contributed by atoms with Crippen LogP contribution in [0.4, 0.5) is 5.13 Å². The van der Waals surface area contributed by atoms with Crippen molar-refractivity contribution >= 4 is 32.6 Å². The number of hydrogen-bond acceptors (Lipinski definition) is 7. The monoisotopic (exact) mass is 413 g/mol. The topological polar surface area (TPSA) is 64.1 Å². The van der Waals surface area contributed by atoms with Crippen LogP contribution in [0.1, 0.15) is 10.4 Å². The zero-order valence-corrected chi connectivity index (χ0v) is 17.5. The largest absolute Gasteiger partial charge is 0.497 e. The lowest BCUT2D eigenvalue weighted by molar-refractivity contribution is 0.0746. The van der Waals surface area contributed by atoms with E-state index in [0.717, 1.165) is 34.2 Å². The third-order valence-corrected chi connectivity index (χ3v) is 6.10. The minimum Gasteiger partial charge on any atom is -0.497 e. The lowest BCUT2D eigenvalue weighted by Gasteiger charge is -2.34. The highest BCUT2D eigenvalue weighted by Gasteiger charge is 2.24. The molecule has 0 spiro atoms.